The van der Waals surface area contributed by atoms with E-state index >= 15 is 0 Å². The highest BCUT2D eigenvalue weighted by Crippen LogP contribution is 2.24. The van der Waals surface area contributed by atoms with Gasteiger partial charge >= 0.3 is 0 Å². The fourth-order valence-corrected chi connectivity index (χ4v) is 3.56. The number of hydrogen-bond donors (Lipinski definition) is 1. The lowest BCUT2D eigenvalue weighted by molar-refractivity contribution is -0.118. The summed E-state index contributed by atoms with van der Waals surface area (Å²) in [5.41, 5.74) is 2.06. The van der Waals surface area contributed by atoms with Crippen molar-refractivity contribution in [2.45, 2.75) is 37.9 Å². The van der Waals surface area contributed by atoms with Crippen LogP contribution < -0.4 is 5.32 Å². The van der Waals surface area contributed by atoms with Crippen molar-refractivity contribution in [2.24, 2.45) is 0 Å². The second-order valence-electron chi connectivity index (χ2n) is 6.47. The molecule has 1 N–H and O–H groups in total. The molecule has 0 saturated heterocycles. The molecule has 3 rings (SSSR count). The number of aromatic nitrogens is 4. The molecular weight excluding hydrogens is 370 g/mol. The van der Waals surface area contributed by atoms with E-state index in [2.05, 4.69) is 39.6 Å². The van der Waals surface area contributed by atoms with E-state index < -0.39 is 0 Å². The third-order valence-corrected chi connectivity index (χ3v) is 5.22. The molecule has 0 radical (unpaired) electrons. The molecule has 0 fully saturated rings. The largest absolute Gasteiger partial charge is 0.355 e. The van der Waals surface area contributed by atoms with Crippen LogP contribution >= 0.6 is 11.8 Å². The zero-order valence-corrected chi connectivity index (χ0v) is 16.9. The molecule has 146 valence electrons. The number of unbranched alkanes of at least 4 members (excludes halogenated alkanes) is 2. The number of nitrogens with one attached hydrogen (secondary N) is 1. The highest BCUT2D eigenvalue weighted by molar-refractivity contribution is 7.99. The monoisotopic (exact) mass is 395 g/mol. The summed E-state index contributed by atoms with van der Waals surface area (Å²) in [6.45, 7) is 3.51. The van der Waals surface area contributed by atoms with Gasteiger partial charge in [-0.2, -0.15) is 0 Å². The van der Waals surface area contributed by atoms with Crippen molar-refractivity contribution in [1.82, 2.24) is 25.1 Å². The third-order valence-electron chi connectivity index (χ3n) is 4.25. The normalized spacial score (nSPS) is 10.8. The van der Waals surface area contributed by atoms with Crippen LogP contribution in [-0.2, 0) is 11.3 Å². The maximum atomic E-state index is 12.1. The van der Waals surface area contributed by atoms with E-state index in [-0.39, 0.29) is 5.91 Å². The van der Waals surface area contributed by atoms with E-state index in [1.807, 2.05) is 34.9 Å². The predicted octanol–water partition coefficient (Wildman–Crippen LogP) is 3.79. The van der Waals surface area contributed by atoms with Gasteiger partial charge in [0.2, 0.25) is 5.91 Å². The molecule has 1 aromatic carbocycles. The van der Waals surface area contributed by atoms with Crippen LogP contribution in [-0.4, -0.2) is 38.0 Å². The number of hydrogen-bond acceptors (Lipinski definition) is 5. The summed E-state index contributed by atoms with van der Waals surface area (Å²) in [5.74, 6) is 1.10. The summed E-state index contributed by atoms with van der Waals surface area (Å²) in [7, 11) is 0. The Balaban J connectivity index is 1.73. The standard InChI is InChI=1S/C21H25N5OS/c1-2-3-7-13-23-19(27)16-28-21-25-24-20(18-11-8-12-22-14-18)26(21)15-17-9-5-4-6-10-17/h4-6,8-12,14H,2-3,7,13,15-16H2,1H3,(H,23,27). The first-order valence-electron chi connectivity index (χ1n) is 9.55. The number of carbonyl (C=O) groups excluding carboxylic acids is 1. The first-order chi connectivity index (χ1) is 13.8. The van der Waals surface area contributed by atoms with E-state index in [0.717, 1.165) is 47.9 Å². The molecule has 0 unspecified atom stereocenters. The second kappa shape index (κ2) is 10.6. The van der Waals surface area contributed by atoms with E-state index in [9.17, 15) is 4.79 Å². The summed E-state index contributed by atoms with van der Waals surface area (Å²) in [6, 6.07) is 14.0. The van der Waals surface area contributed by atoms with Gasteiger partial charge in [-0.05, 0) is 24.1 Å². The Hall–Kier alpha value is -2.67. The van der Waals surface area contributed by atoms with Crippen molar-refractivity contribution < 1.29 is 4.79 Å². The average molecular weight is 396 g/mol. The molecule has 0 aliphatic heterocycles. The highest BCUT2D eigenvalue weighted by Gasteiger charge is 2.16. The van der Waals surface area contributed by atoms with Crippen LogP contribution in [0.25, 0.3) is 11.4 Å². The number of pyridine rings is 1. The molecular formula is C21H25N5OS. The summed E-state index contributed by atoms with van der Waals surface area (Å²) in [5, 5.41) is 12.4. The molecule has 2 aromatic heterocycles. The second-order valence-corrected chi connectivity index (χ2v) is 7.41. The van der Waals surface area contributed by atoms with Crippen molar-refractivity contribution in [3.05, 3.63) is 60.4 Å². The third kappa shape index (κ3) is 5.66. The first kappa shape index (κ1) is 20.1. The Kier molecular flexibility index (Phi) is 7.61. The summed E-state index contributed by atoms with van der Waals surface area (Å²) in [6.07, 6.45) is 6.81. The van der Waals surface area contributed by atoms with E-state index in [1.54, 1.807) is 12.4 Å². The maximum absolute atomic E-state index is 12.1. The minimum Gasteiger partial charge on any atom is -0.355 e. The lowest BCUT2D eigenvalue weighted by atomic mass is 10.2. The van der Waals surface area contributed by atoms with Crippen LogP contribution in [0.2, 0.25) is 0 Å². The predicted molar refractivity (Wildman–Crippen MR) is 112 cm³/mol. The molecule has 2 heterocycles. The van der Waals surface area contributed by atoms with Gasteiger partial charge in [-0.15, -0.1) is 10.2 Å². The quantitative estimate of drug-likeness (QED) is 0.418. The van der Waals surface area contributed by atoms with Crippen LogP contribution in [0.1, 0.15) is 31.7 Å². The van der Waals surface area contributed by atoms with Gasteiger partial charge in [-0.3, -0.25) is 14.3 Å². The minimum absolute atomic E-state index is 0.0262. The van der Waals surface area contributed by atoms with Gasteiger partial charge in [0.1, 0.15) is 0 Å². The average Bonchev–Trinajstić information content (AvgIpc) is 3.13. The molecule has 0 saturated carbocycles. The van der Waals surface area contributed by atoms with Crippen molar-refractivity contribution in [1.29, 1.82) is 0 Å². The lowest BCUT2D eigenvalue weighted by Crippen LogP contribution is -2.26. The summed E-state index contributed by atoms with van der Waals surface area (Å²) >= 11 is 1.41. The van der Waals surface area contributed by atoms with E-state index in [1.165, 1.54) is 11.8 Å². The molecule has 0 aliphatic rings. The molecule has 3 aromatic rings. The number of rotatable bonds is 10. The fourth-order valence-electron chi connectivity index (χ4n) is 2.80. The Labute approximate surface area is 169 Å². The van der Waals surface area contributed by atoms with Crippen molar-refractivity contribution in [3.63, 3.8) is 0 Å². The van der Waals surface area contributed by atoms with Crippen LogP contribution in [0.3, 0.4) is 0 Å². The summed E-state index contributed by atoms with van der Waals surface area (Å²) in [4.78, 5) is 16.3. The van der Waals surface area contributed by atoms with Gasteiger partial charge in [0.05, 0.1) is 12.3 Å². The number of carbonyl (C=O) groups is 1. The number of nitrogens with zero attached hydrogens (tertiary/aromatic N) is 4. The van der Waals surface area contributed by atoms with Crippen molar-refractivity contribution in [2.75, 3.05) is 12.3 Å². The topological polar surface area (TPSA) is 72.7 Å². The van der Waals surface area contributed by atoms with Gasteiger partial charge in [0.25, 0.3) is 0 Å². The SMILES string of the molecule is CCCCCNC(=O)CSc1nnc(-c2cccnc2)n1Cc1ccccc1. The molecule has 1 amide bonds. The number of benzene rings is 1. The van der Waals surface area contributed by atoms with Crippen LogP contribution in [0, 0.1) is 0 Å². The van der Waals surface area contributed by atoms with Crippen molar-refractivity contribution in [3.8, 4) is 11.4 Å². The Morgan fingerprint density at radius 1 is 1.11 bits per heavy atom. The fraction of sp³-hybridized carbons (Fsp3) is 0.333. The molecule has 0 atom stereocenters. The van der Waals surface area contributed by atoms with Gasteiger partial charge in [0, 0.05) is 24.5 Å². The Morgan fingerprint density at radius 3 is 2.71 bits per heavy atom. The van der Waals surface area contributed by atoms with Crippen LogP contribution in [0.5, 0.6) is 0 Å². The minimum atomic E-state index is 0.0262. The number of amides is 1. The molecule has 28 heavy (non-hydrogen) atoms. The Bertz CT molecular complexity index is 867. The molecule has 0 bridgehead atoms. The smallest absolute Gasteiger partial charge is 0.230 e. The van der Waals surface area contributed by atoms with Gasteiger partial charge in [-0.1, -0.05) is 61.9 Å². The van der Waals surface area contributed by atoms with Crippen molar-refractivity contribution >= 4 is 17.7 Å². The van der Waals surface area contributed by atoms with Gasteiger partial charge in [-0.25, -0.2) is 0 Å². The first-order valence-corrected chi connectivity index (χ1v) is 10.5. The zero-order chi connectivity index (χ0) is 19.6. The van der Waals surface area contributed by atoms with E-state index in [4.69, 9.17) is 0 Å². The zero-order valence-electron chi connectivity index (χ0n) is 16.0. The molecule has 7 heteroatoms. The Morgan fingerprint density at radius 2 is 1.96 bits per heavy atom. The highest BCUT2D eigenvalue weighted by atomic mass is 32.2. The van der Waals surface area contributed by atoms with Gasteiger partial charge < -0.3 is 5.32 Å². The molecule has 6 nitrogen and oxygen atoms in total. The number of thioether (sulfide) groups is 1. The molecule has 0 aliphatic carbocycles. The van der Waals surface area contributed by atoms with Crippen LogP contribution in [0.15, 0.2) is 60.0 Å². The lowest BCUT2D eigenvalue weighted by Gasteiger charge is -2.10. The van der Waals surface area contributed by atoms with Crippen LogP contribution in [0.4, 0.5) is 0 Å². The van der Waals surface area contributed by atoms with E-state index in [0.29, 0.717) is 12.3 Å². The maximum Gasteiger partial charge on any atom is 0.230 e. The molecule has 0 spiro atoms. The summed E-state index contributed by atoms with van der Waals surface area (Å²) < 4.78 is 2.04. The van der Waals surface area contributed by atoms with Gasteiger partial charge in [0.15, 0.2) is 11.0 Å².